The van der Waals surface area contributed by atoms with E-state index in [1.165, 1.54) is 4.90 Å². The fourth-order valence-corrected chi connectivity index (χ4v) is 2.37. The van der Waals surface area contributed by atoms with Crippen LogP contribution >= 0.6 is 23.2 Å². The Labute approximate surface area is 121 Å². The van der Waals surface area contributed by atoms with Crippen LogP contribution in [0.4, 0.5) is 0 Å². The number of hydrogen-bond acceptors (Lipinski definition) is 3. The Morgan fingerprint density at radius 2 is 2.00 bits per heavy atom. The molecule has 1 aromatic carbocycles. The Balaban J connectivity index is 2.25. The van der Waals surface area contributed by atoms with Crippen molar-refractivity contribution in [3.05, 3.63) is 33.8 Å². The standard InChI is InChI=1S/C13H14Cl2N2O2/c1-13(2)12(19)17(11(18)6-16-13)7-8-3-4-9(14)5-10(8)15/h3-5,16H,6-7H2,1-2H3. The van der Waals surface area contributed by atoms with Gasteiger partial charge in [0.2, 0.25) is 11.8 Å². The SMILES string of the molecule is CC1(C)NCC(=O)N(Cc2ccc(Cl)cc2Cl)C1=O. The van der Waals surface area contributed by atoms with E-state index in [1.54, 1.807) is 32.0 Å². The number of rotatable bonds is 2. The first-order valence-corrected chi connectivity index (χ1v) is 6.60. The summed E-state index contributed by atoms with van der Waals surface area (Å²) in [6, 6.07) is 5.01. The molecule has 0 radical (unpaired) electrons. The molecule has 0 bridgehead atoms. The molecule has 1 aliphatic rings. The van der Waals surface area contributed by atoms with E-state index in [9.17, 15) is 9.59 Å². The molecule has 102 valence electrons. The second-order valence-electron chi connectivity index (χ2n) is 5.00. The number of benzene rings is 1. The van der Waals surface area contributed by atoms with Crippen LogP contribution in [0.5, 0.6) is 0 Å². The number of nitrogens with zero attached hydrogens (tertiary/aromatic N) is 1. The summed E-state index contributed by atoms with van der Waals surface area (Å²) in [6.45, 7) is 3.80. The van der Waals surface area contributed by atoms with Gasteiger partial charge in [0.25, 0.3) is 0 Å². The van der Waals surface area contributed by atoms with E-state index in [0.717, 1.165) is 0 Å². The summed E-state index contributed by atoms with van der Waals surface area (Å²) in [6.07, 6.45) is 0. The van der Waals surface area contributed by atoms with Crippen LogP contribution in [0.2, 0.25) is 10.0 Å². The molecule has 0 saturated carbocycles. The van der Waals surface area contributed by atoms with Crippen molar-refractivity contribution < 1.29 is 9.59 Å². The van der Waals surface area contributed by atoms with Gasteiger partial charge in [-0.25, -0.2) is 0 Å². The highest BCUT2D eigenvalue weighted by Crippen LogP contribution is 2.24. The predicted molar refractivity (Wildman–Crippen MR) is 74.1 cm³/mol. The van der Waals surface area contributed by atoms with E-state index in [0.29, 0.717) is 15.6 Å². The van der Waals surface area contributed by atoms with Crippen molar-refractivity contribution in [2.24, 2.45) is 0 Å². The highest BCUT2D eigenvalue weighted by molar-refractivity contribution is 6.35. The first-order chi connectivity index (χ1) is 8.81. The van der Waals surface area contributed by atoms with E-state index < -0.39 is 5.54 Å². The molecule has 1 fully saturated rings. The first-order valence-electron chi connectivity index (χ1n) is 5.85. The van der Waals surface area contributed by atoms with Crippen molar-refractivity contribution in [3.8, 4) is 0 Å². The molecule has 1 aliphatic heterocycles. The number of carbonyl (C=O) groups excluding carboxylic acids is 2. The van der Waals surface area contributed by atoms with E-state index in [2.05, 4.69) is 5.32 Å². The molecule has 0 spiro atoms. The Bertz CT molecular complexity index is 543. The molecule has 1 saturated heterocycles. The number of imide groups is 1. The van der Waals surface area contributed by atoms with Gasteiger partial charge in [-0.05, 0) is 31.5 Å². The van der Waals surface area contributed by atoms with Crippen LogP contribution in [0.25, 0.3) is 0 Å². The zero-order valence-corrected chi connectivity index (χ0v) is 12.2. The maximum absolute atomic E-state index is 12.2. The fourth-order valence-electron chi connectivity index (χ4n) is 1.90. The number of piperazine rings is 1. The van der Waals surface area contributed by atoms with Crippen LogP contribution < -0.4 is 5.32 Å². The molecule has 0 unspecified atom stereocenters. The van der Waals surface area contributed by atoms with Crippen LogP contribution in [0.3, 0.4) is 0 Å². The van der Waals surface area contributed by atoms with Gasteiger partial charge in [0.1, 0.15) is 0 Å². The van der Waals surface area contributed by atoms with E-state index in [-0.39, 0.29) is 24.9 Å². The van der Waals surface area contributed by atoms with Gasteiger partial charge in [-0.3, -0.25) is 19.8 Å². The Hall–Kier alpha value is -1.10. The minimum Gasteiger partial charge on any atom is -0.295 e. The topological polar surface area (TPSA) is 49.4 Å². The zero-order valence-electron chi connectivity index (χ0n) is 10.7. The maximum atomic E-state index is 12.2. The molecule has 1 N–H and O–H groups in total. The molecule has 1 aromatic rings. The van der Waals surface area contributed by atoms with Crippen molar-refractivity contribution >= 4 is 35.0 Å². The molecule has 0 aromatic heterocycles. The number of halogens is 2. The maximum Gasteiger partial charge on any atom is 0.249 e. The minimum atomic E-state index is -0.743. The monoisotopic (exact) mass is 300 g/mol. The van der Waals surface area contributed by atoms with Crippen molar-refractivity contribution in [1.29, 1.82) is 0 Å². The summed E-state index contributed by atoms with van der Waals surface area (Å²) in [4.78, 5) is 25.3. The van der Waals surface area contributed by atoms with Gasteiger partial charge in [-0.15, -0.1) is 0 Å². The molecule has 0 atom stereocenters. The van der Waals surface area contributed by atoms with Crippen molar-refractivity contribution in [2.75, 3.05) is 6.54 Å². The highest BCUT2D eigenvalue weighted by Gasteiger charge is 2.39. The second-order valence-corrected chi connectivity index (χ2v) is 5.84. The third-order valence-electron chi connectivity index (χ3n) is 3.11. The van der Waals surface area contributed by atoms with E-state index in [1.807, 2.05) is 0 Å². The number of carbonyl (C=O) groups is 2. The Morgan fingerprint density at radius 3 is 2.63 bits per heavy atom. The summed E-state index contributed by atoms with van der Waals surface area (Å²) in [5.41, 5.74) is -0.0437. The summed E-state index contributed by atoms with van der Waals surface area (Å²) in [5.74, 6) is -0.509. The smallest absolute Gasteiger partial charge is 0.249 e. The lowest BCUT2D eigenvalue weighted by molar-refractivity contribution is -0.153. The van der Waals surface area contributed by atoms with Gasteiger partial charge in [0.05, 0.1) is 18.6 Å². The van der Waals surface area contributed by atoms with Crippen molar-refractivity contribution in [1.82, 2.24) is 10.2 Å². The lowest BCUT2D eigenvalue weighted by Crippen LogP contribution is -2.63. The van der Waals surface area contributed by atoms with Crippen molar-refractivity contribution in [2.45, 2.75) is 25.9 Å². The quantitative estimate of drug-likeness (QED) is 0.852. The van der Waals surface area contributed by atoms with E-state index >= 15 is 0 Å². The summed E-state index contributed by atoms with van der Waals surface area (Å²) in [7, 11) is 0. The van der Waals surface area contributed by atoms with Gasteiger partial charge >= 0.3 is 0 Å². The number of hydrogen-bond donors (Lipinski definition) is 1. The normalized spacial score (nSPS) is 18.8. The average molecular weight is 301 g/mol. The molecule has 1 heterocycles. The third-order valence-corrected chi connectivity index (χ3v) is 3.69. The van der Waals surface area contributed by atoms with Gasteiger partial charge in [-0.1, -0.05) is 29.3 Å². The third kappa shape index (κ3) is 2.91. The molecule has 2 rings (SSSR count). The van der Waals surface area contributed by atoms with Crippen LogP contribution in [0.1, 0.15) is 19.4 Å². The fraction of sp³-hybridized carbons (Fsp3) is 0.385. The molecular formula is C13H14Cl2N2O2. The van der Waals surface area contributed by atoms with Crippen LogP contribution in [0.15, 0.2) is 18.2 Å². The lowest BCUT2D eigenvalue weighted by atomic mass is 10.00. The Kier molecular flexibility index (Phi) is 3.85. The van der Waals surface area contributed by atoms with E-state index in [4.69, 9.17) is 23.2 Å². The largest absolute Gasteiger partial charge is 0.295 e. The number of nitrogens with one attached hydrogen (secondary N) is 1. The van der Waals surface area contributed by atoms with Crippen LogP contribution in [0, 0.1) is 0 Å². The minimum absolute atomic E-state index is 0.143. The highest BCUT2D eigenvalue weighted by atomic mass is 35.5. The van der Waals surface area contributed by atoms with Gasteiger partial charge < -0.3 is 0 Å². The van der Waals surface area contributed by atoms with Crippen LogP contribution in [-0.4, -0.2) is 28.8 Å². The molecule has 4 nitrogen and oxygen atoms in total. The Morgan fingerprint density at radius 1 is 1.32 bits per heavy atom. The lowest BCUT2D eigenvalue weighted by Gasteiger charge is -2.36. The van der Waals surface area contributed by atoms with Gasteiger partial charge in [0, 0.05) is 10.0 Å². The number of amides is 2. The van der Waals surface area contributed by atoms with Gasteiger partial charge in [-0.2, -0.15) is 0 Å². The van der Waals surface area contributed by atoms with Crippen LogP contribution in [-0.2, 0) is 16.1 Å². The molecule has 6 heteroatoms. The summed E-state index contributed by atoms with van der Waals surface area (Å²) in [5, 5.41) is 3.87. The first kappa shape index (κ1) is 14.3. The zero-order chi connectivity index (χ0) is 14.2. The van der Waals surface area contributed by atoms with Gasteiger partial charge in [0.15, 0.2) is 0 Å². The summed E-state index contributed by atoms with van der Waals surface area (Å²) >= 11 is 11.9. The second kappa shape index (κ2) is 5.12. The molecule has 19 heavy (non-hydrogen) atoms. The molecular weight excluding hydrogens is 287 g/mol. The summed E-state index contributed by atoms with van der Waals surface area (Å²) < 4.78 is 0. The molecule has 0 aliphatic carbocycles. The average Bonchev–Trinajstić information content (AvgIpc) is 2.33. The molecule has 2 amide bonds. The predicted octanol–water partition coefficient (Wildman–Crippen LogP) is 2.23. The van der Waals surface area contributed by atoms with Crippen molar-refractivity contribution in [3.63, 3.8) is 0 Å².